The second kappa shape index (κ2) is 7.68. The quantitative estimate of drug-likeness (QED) is 0.785. The molecule has 2 heterocycles. The van der Waals surface area contributed by atoms with Crippen LogP contribution < -0.4 is 5.32 Å². The predicted octanol–water partition coefficient (Wildman–Crippen LogP) is 2.72. The number of nitrogens with zero attached hydrogens (tertiary/aromatic N) is 3. The van der Waals surface area contributed by atoms with Crippen LogP contribution in [-0.2, 0) is 6.54 Å². The SMILES string of the molecule is CCCNc1nc(CN(C)CCC(C)O)nc2sccc12. The molecule has 116 valence electrons. The zero-order valence-electron chi connectivity index (χ0n) is 13.0. The van der Waals surface area contributed by atoms with Gasteiger partial charge in [0.25, 0.3) is 0 Å². The van der Waals surface area contributed by atoms with Gasteiger partial charge in [-0.1, -0.05) is 6.92 Å². The molecule has 0 saturated heterocycles. The molecule has 2 aromatic rings. The first kappa shape index (κ1) is 16.1. The van der Waals surface area contributed by atoms with E-state index in [-0.39, 0.29) is 6.10 Å². The first-order valence-corrected chi connectivity index (χ1v) is 8.32. The summed E-state index contributed by atoms with van der Waals surface area (Å²) in [6, 6.07) is 2.07. The summed E-state index contributed by atoms with van der Waals surface area (Å²) in [5.74, 6) is 1.76. The van der Waals surface area contributed by atoms with Crippen LogP contribution in [0.2, 0.25) is 0 Å². The van der Waals surface area contributed by atoms with Crippen molar-refractivity contribution in [2.75, 3.05) is 25.5 Å². The number of anilines is 1. The molecule has 0 saturated carbocycles. The molecule has 2 N–H and O–H groups in total. The maximum atomic E-state index is 9.36. The Kier molecular flexibility index (Phi) is 5.90. The summed E-state index contributed by atoms with van der Waals surface area (Å²) >= 11 is 1.64. The fourth-order valence-electron chi connectivity index (χ4n) is 2.08. The van der Waals surface area contributed by atoms with E-state index in [1.54, 1.807) is 11.3 Å². The second-order valence-corrected chi connectivity index (χ2v) is 6.32. The Bertz CT molecular complexity index is 570. The molecule has 0 radical (unpaired) electrons. The van der Waals surface area contributed by atoms with Gasteiger partial charge in [-0.25, -0.2) is 9.97 Å². The van der Waals surface area contributed by atoms with Gasteiger partial charge in [-0.05, 0) is 38.3 Å². The molecule has 0 fully saturated rings. The van der Waals surface area contributed by atoms with Gasteiger partial charge in [0, 0.05) is 13.1 Å². The lowest BCUT2D eigenvalue weighted by molar-refractivity contribution is 0.162. The van der Waals surface area contributed by atoms with Crippen LogP contribution in [0.25, 0.3) is 10.2 Å². The molecule has 2 rings (SSSR count). The number of hydrogen-bond donors (Lipinski definition) is 2. The summed E-state index contributed by atoms with van der Waals surface area (Å²) in [7, 11) is 2.03. The van der Waals surface area contributed by atoms with Crippen molar-refractivity contribution in [1.29, 1.82) is 0 Å². The van der Waals surface area contributed by atoms with E-state index in [2.05, 4.69) is 38.6 Å². The van der Waals surface area contributed by atoms with Crippen molar-refractivity contribution in [2.24, 2.45) is 0 Å². The molecule has 0 bridgehead atoms. The van der Waals surface area contributed by atoms with Gasteiger partial charge in [0.05, 0.1) is 18.0 Å². The fraction of sp³-hybridized carbons (Fsp3) is 0.600. The van der Waals surface area contributed by atoms with Gasteiger partial charge in [-0.3, -0.25) is 4.90 Å². The third-order valence-electron chi connectivity index (χ3n) is 3.25. The number of thiophene rings is 1. The Morgan fingerprint density at radius 2 is 2.24 bits per heavy atom. The maximum Gasteiger partial charge on any atom is 0.146 e. The molecule has 0 aliphatic heterocycles. The van der Waals surface area contributed by atoms with Crippen LogP contribution in [-0.4, -0.2) is 46.2 Å². The standard InChI is InChI=1S/C15H24N4OS/c1-4-7-16-14-12-6-9-21-15(12)18-13(17-14)10-19(3)8-5-11(2)20/h6,9,11,20H,4-5,7-8,10H2,1-3H3,(H,16,17,18). The van der Waals surface area contributed by atoms with Crippen molar-refractivity contribution in [3.05, 3.63) is 17.3 Å². The fourth-order valence-corrected chi connectivity index (χ4v) is 2.86. The lowest BCUT2D eigenvalue weighted by Crippen LogP contribution is -2.23. The van der Waals surface area contributed by atoms with Crippen molar-refractivity contribution < 1.29 is 5.11 Å². The number of hydrogen-bond acceptors (Lipinski definition) is 6. The third kappa shape index (κ3) is 4.62. The monoisotopic (exact) mass is 308 g/mol. The first-order chi connectivity index (χ1) is 10.1. The van der Waals surface area contributed by atoms with Crippen molar-refractivity contribution in [3.8, 4) is 0 Å². The van der Waals surface area contributed by atoms with Crippen LogP contribution in [0.15, 0.2) is 11.4 Å². The van der Waals surface area contributed by atoms with E-state index in [0.717, 1.165) is 47.8 Å². The van der Waals surface area contributed by atoms with Gasteiger partial charge in [0.1, 0.15) is 16.5 Å². The molecular weight excluding hydrogens is 284 g/mol. The van der Waals surface area contributed by atoms with Crippen LogP contribution in [0, 0.1) is 0 Å². The van der Waals surface area contributed by atoms with Crippen LogP contribution in [0.1, 0.15) is 32.5 Å². The maximum absolute atomic E-state index is 9.36. The highest BCUT2D eigenvalue weighted by atomic mass is 32.1. The third-order valence-corrected chi connectivity index (χ3v) is 4.06. The zero-order valence-corrected chi connectivity index (χ0v) is 13.8. The van der Waals surface area contributed by atoms with Crippen molar-refractivity contribution in [3.63, 3.8) is 0 Å². The van der Waals surface area contributed by atoms with E-state index in [9.17, 15) is 5.11 Å². The lowest BCUT2D eigenvalue weighted by atomic mass is 10.3. The van der Waals surface area contributed by atoms with Gasteiger partial charge >= 0.3 is 0 Å². The summed E-state index contributed by atoms with van der Waals surface area (Å²) in [4.78, 5) is 12.5. The Morgan fingerprint density at radius 3 is 2.95 bits per heavy atom. The predicted molar refractivity (Wildman–Crippen MR) is 88.8 cm³/mol. The summed E-state index contributed by atoms with van der Waals surface area (Å²) in [5, 5.41) is 15.9. The molecule has 1 atom stereocenters. The molecular formula is C15H24N4OS. The highest BCUT2D eigenvalue weighted by Gasteiger charge is 2.10. The van der Waals surface area contributed by atoms with Crippen LogP contribution >= 0.6 is 11.3 Å². The van der Waals surface area contributed by atoms with E-state index in [4.69, 9.17) is 0 Å². The minimum absolute atomic E-state index is 0.269. The number of aliphatic hydroxyl groups excluding tert-OH is 1. The van der Waals surface area contributed by atoms with E-state index < -0.39 is 0 Å². The minimum Gasteiger partial charge on any atom is -0.393 e. The van der Waals surface area contributed by atoms with E-state index >= 15 is 0 Å². The molecule has 0 aliphatic carbocycles. The molecule has 0 spiro atoms. The van der Waals surface area contributed by atoms with E-state index in [1.165, 1.54) is 0 Å². The highest BCUT2D eigenvalue weighted by molar-refractivity contribution is 7.16. The van der Waals surface area contributed by atoms with Gasteiger partial charge in [0.2, 0.25) is 0 Å². The largest absolute Gasteiger partial charge is 0.393 e. The number of aromatic nitrogens is 2. The average molecular weight is 308 g/mol. The number of rotatable bonds is 8. The Morgan fingerprint density at radius 1 is 1.43 bits per heavy atom. The molecule has 6 heteroatoms. The number of fused-ring (bicyclic) bond motifs is 1. The molecule has 5 nitrogen and oxygen atoms in total. The smallest absolute Gasteiger partial charge is 0.146 e. The molecule has 0 aromatic carbocycles. The van der Waals surface area contributed by atoms with Gasteiger partial charge in [-0.2, -0.15) is 0 Å². The Labute approximate surface area is 130 Å². The zero-order chi connectivity index (χ0) is 15.2. The normalized spacial score (nSPS) is 13.0. The first-order valence-electron chi connectivity index (χ1n) is 7.44. The topological polar surface area (TPSA) is 61.3 Å². The lowest BCUT2D eigenvalue weighted by Gasteiger charge is -2.17. The summed E-state index contributed by atoms with van der Waals surface area (Å²) in [6.07, 6.45) is 1.56. The van der Waals surface area contributed by atoms with Gasteiger partial charge < -0.3 is 10.4 Å². The summed E-state index contributed by atoms with van der Waals surface area (Å²) in [5.41, 5.74) is 0. The minimum atomic E-state index is -0.269. The van der Waals surface area contributed by atoms with Gasteiger partial charge in [0.15, 0.2) is 0 Å². The average Bonchev–Trinajstić information content (AvgIpc) is 2.91. The summed E-state index contributed by atoms with van der Waals surface area (Å²) < 4.78 is 0. The molecule has 0 aliphatic rings. The molecule has 2 aromatic heterocycles. The van der Waals surface area contributed by atoms with Crippen molar-refractivity contribution in [2.45, 2.75) is 39.3 Å². The van der Waals surface area contributed by atoms with Gasteiger partial charge in [-0.15, -0.1) is 11.3 Å². The summed E-state index contributed by atoms with van der Waals surface area (Å²) in [6.45, 7) is 6.40. The van der Waals surface area contributed by atoms with E-state index in [1.807, 2.05) is 14.0 Å². The Hall–Kier alpha value is -1.24. The Balaban J connectivity index is 2.12. The highest BCUT2D eigenvalue weighted by Crippen LogP contribution is 2.25. The van der Waals surface area contributed by atoms with Crippen LogP contribution in [0.3, 0.4) is 0 Å². The molecule has 1 unspecified atom stereocenters. The van der Waals surface area contributed by atoms with Crippen LogP contribution in [0.5, 0.6) is 0 Å². The van der Waals surface area contributed by atoms with Crippen LogP contribution in [0.4, 0.5) is 5.82 Å². The number of nitrogens with one attached hydrogen (secondary N) is 1. The van der Waals surface area contributed by atoms with Crippen molar-refractivity contribution >= 4 is 27.4 Å². The van der Waals surface area contributed by atoms with Crippen molar-refractivity contribution in [1.82, 2.24) is 14.9 Å². The molecule has 21 heavy (non-hydrogen) atoms. The van der Waals surface area contributed by atoms with E-state index in [0.29, 0.717) is 6.54 Å². The molecule has 0 amide bonds. The number of aliphatic hydroxyl groups is 1. The second-order valence-electron chi connectivity index (χ2n) is 5.43.